The van der Waals surface area contributed by atoms with Crippen molar-refractivity contribution in [1.82, 2.24) is 10.3 Å². The number of rotatable bonds is 4. The molecule has 1 aliphatic heterocycles. The topological polar surface area (TPSA) is 119 Å². The molecule has 2 rings (SSSR count). The average Bonchev–Trinajstić information content (AvgIpc) is 2.73. The number of carbonyl (C=O) groups is 1. The average molecular weight is 257 g/mol. The molecule has 0 aromatic carbocycles. The highest BCUT2D eigenvalue weighted by Crippen LogP contribution is 2.34. The summed E-state index contributed by atoms with van der Waals surface area (Å²) < 4.78 is 4.48. The predicted octanol–water partition coefficient (Wildman–Crippen LogP) is 0.605. The lowest BCUT2D eigenvalue weighted by Gasteiger charge is -2.07. The molecule has 1 aromatic rings. The standard InChI is InChI=1S/C8H7N3O5S/c12-6(13)2-4-17-3-1-5(11(14)15)7-8(17)10-16-9-7/h1,3H,2,4H2,(H,12,13). The molecule has 1 aromatic heterocycles. The molecule has 0 amide bonds. The van der Waals surface area contributed by atoms with Crippen molar-refractivity contribution < 1.29 is 19.5 Å². The lowest BCUT2D eigenvalue weighted by Crippen LogP contribution is -2.06. The van der Waals surface area contributed by atoms with E-state index in [-0.39, 0.29) is 17.8 Å². The summed E-state index contributed by atoms with van der Waals surface area (Å²) in [6.45, 7) is 0. The number of aliphatic carboxylic acids is 1. The van der Waals surface area contributed by atoms with Gasteiger partial charge in [-0.2, -0.15) is 0 Å². The van der Waals surface area contributed by atoms with Gasteiger partial charge in [-0.3, -0.25) is 14.9 Å². The number of nitro groups is 1. The van der Waals surface area contributed by atoms with Crippen LogP contribution >= 0.6 is 10.5 Å². The second-order valence-corrected chi connectivity index (χ2v) is 5.06. The second-order valence-electron chi connectivity index (χ2n) is 3.14. The van der Waals surface area contributed by atoms with Gasteiger partial charge >= 0.3 is 11.7 Å². The lowest BCUT2D eigenvalue weighted by atomic mass is 10.3. The van der Waals surface area contributed by atoms with E-state index in [9.17, 15) is 14.9 Å². The maximum absolute atomic E-state index is 10.7. The molecule has 0 aliphatic carbocycles. The van der Waals surface area contributed by atoms with Crippen molar-refractivity contribution in [3.05, 3.63) is 21.9 Å². The first kappa shape index (κ1) is 11.5. The zero-order valence-electron chi connectivity index (χ0n) is 8.40. The molecule has 1 atom stereocenters. The molecule has 9 heteroatoms. The third-order valence-electron chi connectivity index (χ3n) is 2.07. The molecule has 0 saturated carbocycles. The van der Waals surface area contributed by atoms with E-state index >= 15 is 0 Å². The summed E-state index contributed by atoms with van der Waals surface area (Å²) in [7, 11) is -0.600. The molecular weight excluding hydrogens is 250 g/mol. The quantitative estimate of drug-likeness (QED) is 0.476. The summed E-state index contributed by atoms with van der Waals surface area (Å²) in [5, 5.41) is 28.3. The highest BCUT2D eigenvalue weighted by molar-refractivity contribution is 8.15. The van der Waals surface area contributed by atoms with Crippen molar-refractivity contribution >= 4 is 27.5 Å². The minimum atomic E-state index is -0.923. The van der Waals surface area contributed by atoms with Crippen molar-refractivity contribution in [1.29, 1.82) is 0 Å². The van der Waals surface area contributed by atoms with Gasteiger partial charge in [0.2, 0.25) is 5.69 Å². The summed E-state index contributed by atoms with van der Waals surface area (Å²) in [6.07, 6.45) is 1.28. The van der Waals surface area contributed by atoms with Crippen LogP contribution in [0.3, 0.4) is 0 Å². The second kappa shape index (κ2) is 4.45. The Bertz CT molecular complexity index is 547. The van der Waals surface area contributed by atoms with Crippen LogP contribution in [0.15, 0.2) is 15.7 Å². The number of nitrogens with zero attached hydrogens (tertiary/aromatic N) is 3. The molecule has 1 aliphatic rings. The number of aromatic nitrogens is 2. The molecule has 0 spiro atoms. The zero-order chi connectivity index (χ0) is 12.4. The zero-order valence-corrected chi connectivity index (χ0v) is 9.22. The Hall–Kier alpha value is -2.03. The van der Waals surface area contributed by atoms with Crippen LogP contribution in [-0.4, -0.2) is 37.4 Å². The van der Waals surface area contributed by atoms with Gasteiger partial charge in [0.05, 0.1) is 11.3 Å². The Balaban J connectivity index is 2.33. The molecule has 90 valence electrons. The highest BCUT2D eigenvalue weighted by Gasteiger charge is 2.28. The van der Waals surface area contributed by atoms with Crippen LogP contribution in [0.1, 0.15) is 12.1 Å². The maximum atomic E-state index is 10.7. The normalized spacial score (nSPS) is 17.9. The summed E-state index contributed by atoms with van der Waals surface area (Å²) in [5.74, 6) is -0.592. The van der Waals surface area contributed by atoms with Gasteiger partial charge in [0.15, 0.2) is 5.03 Å². The summed E-state index contributed by atoms with van der Waals surface area (Å²) in [4.78, 5) is 20.6. The van der Waals surface area contributed by atoms with E-state index in [0.29, 0.717) is 10.8 Å². The molecule has 17 heavy (non-hydrogen) atoms. The van der Waals surface area contributed by atoms with Gasteiger partial charge in [0.1, 0.15) is 0 Å². The largest absolute Gasteiger partial charge is 0.481 e. The summed E-state index contributed by atoms with van der Waals surface area (Å²) in [6, 6.07) is 0. The van der Waals surface area contributed by atoms with Gasteiger partial charge in [-0.25, -0.2) is 4.63 Å². The van der Waals surface area contributed by atoms with E-state index < -0.39 is 21.4 Å². The molecule has 2 heterocycles. The van der Waals surface area contributed by atoms with Crippen LogP contribution in [0.4, 0.5) is 0 Å². The fourth-order valence-corrected chi connectivity index (χ4v) is 2.97. The van der Waals surface area contributed by atoms with Crippen molar-refractivity contribution in [2.75, 3.05) is 5.75 Å². The minimum Gasteiger partial charge on any atom is -0.481 e. The van der Waals surface area contributed by atoms with Crippen LogP contribution in [0, 0.1) is 10.1 Å². The highest BCUT2D eigenvalue weighted by atomic mass is 32.2. The number of fused-ring (bicyclic) bond motifs is 1. The van der Waals surface area contributed by atoms with Crippen LogP contribution in [0.25, 0.3) is 5.70 Å². The Kier molecular flexibility index (Phi) is 3.00. The number of hydrogen-bond acceptors (Lipinski definition) is 6. The smallest absolute Gasteiger partial charge is 0.304 e. The van der Waals surface area contributed by atoms with Crippen molar-refractivity contribution in [2.45, 2.75) is 11.4 Å². The van der Waals surface area contributed by atoms with Gasteiger partial charge in [-0.1, -0.05) is 0 Å². The van der Waals surface area contributed by atoms with E-state index in [2.05, 4.69) is 14.9 Å². The van der Waals surface area contributed by atoms with E-state index in [1.165, 1.54) is 6.08 Å². The molecule has 0 radical (unpaired) electrons. The molecule has 1 N–H and O–H groups in total. The first-order valence-electron chi connectivity index (χ1n) is 4.53. The predicted molar refractivity (Wildman–Crippen MR) is 58.3 cm³/mol. The van der Waals surface area contributed by atoms with Gasteiger partial charge in [0.25, 0.3) is 0 Å². The molecule has 1 unspecified atom stereocenters. The lowest BCUT2D eigenvalue weighted by molar-refractivity contribution is -0.376. The van der Waals surface area contributed by atoms with Crippen molar-refractivity contribution in [3.63, 3.8) is 0 Å². The molecule has 0 bridgehead atoms. The Labute approximate surface area is 97.0 Å². The Morgan fingerprint density at radius 1 is 1.59 bits per heavy atom. The summed E-state index contributed by atoms with van der Waals surface area (Å²) in [5.41, 5.74) is -0.0912. The van der Waals surface area contributed by atoms with Gasteiger partial charge in [0, 0.05) is 11.8 Å². The SMILES string of the molecule is O=C(O)CCS1=CC=C([N+](=O)[O-])c2nonc21. The fourth-order valence-electron chi connectivity index (χ4n) is 1.31. The van der Waals surface area contributed by atoms with Crippen molar-refractivity contribution in [2.24, 2.45) is 0 Å². The first-order valence-corrected chi connectivity index (χ1v) is 5.99. The maximum Gasteiger partial charge on any atom is 0.304 e. The molecular formula is C8H7N3O5S. The molecule has 0 fully saturated rings. The fraction of sp³-hybridized carbons (Fsp3) is 0.250. The van der Waals surface area contributed by atoms with Crippen molar-refractivity contribution in [3.8, 4) is 0 Å². The third-order valence-corrected chi connectivity index (χ3v) is 3.95. The van der Waals surface area contributed by atoms with E-state index in [1.54, 1.807) is 5.37 Å². The van der Waals surface area contributed by atoms with Crippen LogP contribution in [0.5, 0.6) is 0 Å². The number of carboxylic acids is 1. The van der Waals surface area contributed by atoms with E-state index in [1.807, 2.05) is 0 Å². The Morgan fingerprint density at radius 2 is 2.35 bits per heavy atom. The third kappa shape index (κ3) is 2.23. The monoisotopic (exact) mass is 257 g/mol. The van der Waals surface area contributed by atoms with Gasteiger partial charge in [-0.15, -0.1) is 10.5 Å². The van der Waals surface area contributed by atoms with Gasteiger partial charge in [-0.05, 0) is 15.7 Å². The summed E-state index contributed by atoms with van der Waals surface area (Å²) >= 11 is 0. The van der Waals surface area contributed by atoms with Crippen LogP contribution < -0.4 is 0 Å². The van der Waals surface area contributed by atoms with Gasteiger partial charge < -0.3 is 5.11 Å². The molecule has 0 saturated heterocycles. The first-order chi connectivity index (χ1) is 8.09. The van der Waals surface area contributed by atoms with Crippen LogP contribution in [-0.2, 0) is 4.79 Å². The number of carboxylic acid groups (broad SMARTS) is 1. The number of hydrogen-bond donors (Lipinski definition) is 1. The Morgan fingerprint density at radius 3 is 3.00 bits per heavy atom. The van der Waals surface area contributed by atoms with Crippen LogP contribution in [0.2, 0.25) is 0 Å². The minimum absolute atomic E-state index is 0.0342. The van der Waals surface area contributed by atoms with E-state index in [0.717, 1.165) is 0 Å². The van der Waals surface area contributed by atoms with E-state index in [4.69, 9.17) is 5.11 Å². The molecule has 8 nitrogen and oxygen atoms in total. The number of allylic oxidation sites excluding steroid dienone is 1.